The van der Waals surface area contributed by atoms with Crippen molar-refractivity contribution < 1.29 is 4.52 Å². The van der Waals surface area contributed by atoms with Crippen LogP contribution in [0.5, 0.6) is 0 Å². The molecule has 1 saturated heterocycles. The topological polar surface area (TPSA) is 110 Å². The third kappa shape index (κ3) is 2.99. The average Bonchev–Trinajstić information content (AvgIpc) is 3.39. The molecule has 1 aliphatic heterocycles. The molecule has 4 aromatic rings. The molecule has 3 aromatic heterocycles. The van der Waals surface area contributed by atoms with E-state index >= 15 is 0 Å². The Kier molecular flexibility index (Phi) is 3.93. The maximum Gasteiger partial charge on any atom is 0.280 e. The second kappa shape index (κ2) is 6.58. The zero-order chi connectivity index (χ0) is 18.2. The number of H-pyrrole nitrogens is 1. The van der Waals surface area contributed by atoms with Gasteiger partial charge in [-0.05, 0) is 57.0 Å². The lowest BCUT2D eigenvalue weighted by Gasteiger charge is -2.12. The second-order valence-electron chi connectivity index (χ2n) is 6.93. The highest BCUT2D eigenvalue weighted by molar-refractivity contribution is 5.83. The van der Waals surface area contributed by atoms with Gasteiger partial charge in [-0.2, -0.15) is 4.98 Å². The Morgan fingerprint density at radius 1 is 1.22 bits per heavy atom. The number of hydrogen-bond donors (Lipinski definition) is 2. The van der Waals surface area contributed by atoms with E-state index in [1.165, 1.54) is 0 Å². The molecule has 2 N–H and O–H groups in total. The molecule has 5 rings (SSSR count). The highest BCUT2D eigenvalue weighted by Crippen LogP contribution is 2.26. The normalized spacial score (nSPS) is 18.0. The van der Waals surface area contributed by atoms with Crippen LogP contribution in [0.4, 0.5) is 0 Å². The molecule has 0 amide bonds. The molecule has 1 atom stereocenters. The summed E-state index contributed by atoms with van der Waals surface area (Å²) in [5, 5.41) is 16.1. The summed E-state index contributed by atoms with van der Waals surface area (Å²) in [7, 11) is 0. The van der Waals surface area contributed by atoms with Gasteiger partial charge in [0, 0.05) is 5.56 Å². The number of aromatic amines is 1. The molecule has 0 saturated carbocycles. The van der Waals surface area contributed by atoms with E-state index in [9.17, 15) is 0 Å². The lowest BCUT2D eigenvalue weighted by atomic mass is 10.1. The van der Waals surface area contributed by atoms with Crippen molar-refractivity contribution in [2.75, 3.05) is 13.1 Å². The Morgan fingerprint density at radius 3 is 3.15 bits per heavy atom. The smallest absolute Gasteiger partial charge is 0.280 e. The first-order valence-electron chi connectivity index (χ1n) is 9.18. The number of aromatic nitrogens is 7. The van der Waals surface area contributed by atoms with E-state index in [2.05, 4.69) is 35.7 Å². The number of benzene rings is 1. The first kappa shape index (κ1) is 16.1. The number of fused-ring (bicyclic) bond motifs is 1. The van der Waals surface area contributed by atoms with Gasteiger partial charge >= 0.3 is 0 Å². The van der Waals surface area contributed by atoms with Gasteiger partial charge in [0.05, 0.1) is 29.6 Å². The van der Waals surface area contributed by atoms with Crippen LogP contribution in [0.15, 0.2) is 29.2 Å². The lowest BCUT2D eigenvalue weighted by Crippen LogP contribution is -2.15. The van der Waals surface area contributed by atoms with Gasteiger partial charge in [-0.25, -0.2) is 9.67 Å². The molecule has 0 aliphatic carbocycles. The minimum absolute atomic E-state index is 0.356. The van der Waals surface area contributed by atoms with Crippen molar-refractivity contribution in [1.82, 2.24) is 40.4 Å². The summed E-state index contributed by atoms with van der Waals surface area (Å²) < 4.78 is 7.37. The number of nitrogens with one attached hydrogen (secondary N) is 2. The molecule has 0 radical (unpaired) electrons. The molecule has 27 heavy (non-hydrogen) atoms. The maximum atomic E-state index is 5.45. The Hall–Kier alpha value is -3.07. The molecule has 1 unspecified atom stereocenters. The monoisotopic (exact) mass is 364 g/mol. The summed E-state index contributed by atoms with van der Waals surface area (Å²) in [5.41, 5.74) is 4.43. The molecule has 1 aliphatic rings. The third-order valence-corrected chi connectivity index (χ3v) is 5.05. The summed E-state index contributed by atoms with van der Waals surface area (Å²) in [6.45, 7) is 4.08. The van der Waals surface area contributed by atoms with E-state index in [4.69, 9.17) is 4.52 Å². The average molecular weight is 364 g/mol. The molecule has 138 valence electrons. The fourth-order valence-corrected chi connectivity index (χ4v) is 3.62. The van der Waals surface area contributed by atoms with Crippen LogP contribution in [0.25, 0.3) is 34.0 Å². The zero-order valence-electron chi connectivity index (χ0n) is 15.0. The third-order valence-electron chi connectivity index (χ3n) is 5.05. The summed E-state index contributed by atoms with van der Waals surface area (Å²) >= 11 is 0. The van der Waals surface area contributed by atoms with Gasteiger partial charge in [-0.1, -0.05) is 10.4 Å². The molecule has 4 heterocycles. The molecule has 0 spiro atoms. The van der Waals surface area contributed by atoms with E-state index in [1.807, 2.05) is 29.9 Å². The van der Waals surface area contributed by atoms with Crippen LogP contribution >= 0.6 is 0 Å². The number of aryl methyl sites for hydroxylation is 1. The molecule has 1 aromatic carbocycles. The van der Waals surface area contributed by atoms with E-state index in [0.717, 1.165) is 54.5 Å². The molecule has 9 heteroatoms. The van der Waals surface area contributed by atoms with Crippen molar-refractivity contribution in [2.24, 2.45) is 0 Å². The summed E-state index contributed by atoms with van der Waals surface area (Å²) in [5.74, 6) is 0.906. The molecular weight excluding hydrogens is 344 g/mol. The van der Waals surface area contributed by atoms with Crippen molar-refractivity contribution in [3.63, 3.8) is 0 Å². The highest BCUT2D eigenvalue weighted by Gasteiger charge is 2.19. The second-order valence-corrected chi connectivity index (χ2v) is 6.93. The van der Waals surface area contributed by atoms with Gasteiger partial charge in [0.15, 0.2) is 5.69 Å². The van der Waals surface area contributed by atoms with Crippen LogP contribution in [-0.4, -0.2) is 48.2 Å². The summed E-state index contributed by atoms with van der Waals surface area (Å²) in [6, 6.07) is 4.33. The predicted molar refractivity (Wildman–Crippen MR) is 98.9 cm³/mol. The summed E-state index contributed by atoms with van der Waals surface area (Å²) in [6.07, 6.45) is 6.86. The van der Waals surface area contributed by atoms with Crippen LogP contribution in [0.1, 0.15) is 30.9 Å². The summed E-state index contributed by atoms with van der Waals surface area (Å²) in [4.78, 5) is 12.0. The van der Waals surface area contributed by atoms with Crippen molar-refractivity contribution in [3.8, 4) is 23.0 Å². The quantitative estimate of drug-likeness (QED) is 0.574. The minimum Gasteiger partial charge on any atom is -0.345 e. The van der Waals surface area contributed by atoms with Gasteiger partial charge in [0.25, 0.3) is 5.89 Å². The Labute approximate surface area is 155 Å². The van der Waals surface area contributed by atoms with Gasteiger partial charge in [0.1, 0.15) is 0 Å². The van der Waals surface area contributed by atoms with E-state index in [-0.39, 0.29) is 0 Å². The fourth-order valence-electron chi connectivity index (χ4n) is 3.62. The lowest BCUT2D eigenvalue weighted by molar-refractivity contribution is 0.405. The fraction of sp³-hybridized carbons (Fsp3) is 0.389. The largest absolute Gasteiger partial charge is 0.345 e. The van der Waals surface area contributed by atoms with Crippen molar-refractivity contribution in [1.29, 1.82) is 0 Å². The van der Waals surface area contributed by atoms with E-state index < -0.39 is 0 Å². The van der Waals surface area contributed by atoms with Crippen molar-refractivity contribution >= 4 is 11.0 Å². The van der Waals surface area contributed by atoms with Crippen LogP contribution in [0.2, 0.25) is 0 Å². The van der Waals surface area contributed by atoms with E-state index in [1.54, 1.807) is 6.33 Å². The molecule has 0 bridgehead atoms. The highest BCUT2D eigenvalue weighted by atomic mass is 16.5. The Balaban J connectivity index is 1.43. The van der Waals surface area contributed by atoms with Gasteiger partial charge in [0.2, 0.25) is 5.82 Å². The van der Waals surface area contributed by atoms with Crippen LogP contribution in [0.3, 0.4) is 0 Å². The molecule has 1 fully saturated rings. The number of hydrogen-bond acceptors (Lipinski definition) is 7. The molecular formula is C18H20N8O. The first-order valence-corrected chi connectivity index (χ1v) is 9.18. The standard InChI is InChI=1S/C18H20N8O/c1-11-7-12(8-14-16(11)21-10-20-14)17-22-18(27-24-17)15-9-26(25-23-15)13-3-2-5-19-6-4-13/h7-10,13,19H,2-6H2,1H3,(H,20,21). The van der Waals surface area contributed by atoms with Gasteiger partial charge in [-0.15, -0.1) is 5.10 Å². The number of rotatable bonds is 3. The van der Waals surface area contributed by atoms with E-state index in [0.29, 0.717) is 23.5 Å². The first-order chi connectivity index (χ1) is 13.3. The zero-order valence-corrected chi connectivity index (χ0v) is 15.0. The maximum absolute atomic E-state index is 5.45. The van der Waals surface area contributed by atoms with Crippen molar-refractivity contribution in [2.45, 2.75) is 32.2 Å². The number of imidazole rings is 1. The Bertz CT molecular complexity index is 1070. The SMILES string of the molecule is Cc1cc(-c2noc(-c3cn(C4CCCNCC4)nn3)n2)cc2[nH]cnc12. The predicted octanol–water partition coefficient (Wildman–Crippen LogP) is 2.49. The molecule has 9 nitrogen and oxygen atoms in total. The number of nitrogens with zero attached hydrogens (tertiary/aromatic N) is 6. The van der Waals surface area contributed by atoms with Crippen molar-refractivity contribution in [3.05, 3.63) is 30.2 Å². The van der Waals surface area contributed by atoms with Crippen LogP contribution < -0.4 is 5.32 Å². The van der Waals surface area contributed by atoms with Gasteiger partial charge < -0.3 is 14.8 Å². The minimum atomic E-state index is 0.356. The Morgan fingerprint density at radius 2 is 2.19 bits per heavy atom. The van der Waals surface area contributed by atoms with Crippen LogP contribution in [0, 0.1) is 6.92 Å². The van der Waals surface area contributed by atoms with Crippen LogP contribution in [-0.2, 0) is 0 Å². The van der Waals surface area contributed by atoms with Gasteiger partial charge in [-0.3, -0.25) is 0 Å².